The number of carbonyl (C=O) groups is 11. The monoisotopic (exact) mass is 1470 g/mol. The Morgan fingerprint density at radius 1 is 0.641 bits per heavy atom. The number of nitrogens with one attached hydrogen (secondary N) is 4. The molecule has 7 atom stereocenters. The molecule has 0 radical (unpaired) electrons. The largest absolute Gasteiger partial charge is 0.417 e. The smallest absolute Gasteiger partial charge is 0.364 e. The Morgan fingerprint density at radius 2 is 1.24 bits per heavy atom. The van der Waals surface area contributed by atoms with Crippen LogP contribution in [0.25, 0.3) is 0 Å². The van der Waals surface area contributed by atoms with E-state index in [1.54, 1.807) is 30.9 Å². The summed E-state index contributed by atoms with van der Waals surface area (Å²) in [4.78, 5) is 169. The second-order valence-electron chi connectivity index (χ2n) is 31.0. The number of rotatable bonds is 36. The molecule has 2 aliphatic heterocycles. The van der Waals surface area contributed by atoms with Crippen molar-refractivity contribution < 1.29 is 70.6 Å². The van der Waals surface area contributed by atoms with Gasteiger partial charge in [-0.1, -0.05) is 115 Å². The first-order valence-electron chi connectivity index (χ1n) is 37.9. The minimum Gasteiger partial charge on any atom is -0.364 e. The van der Waals surface area contributed by atoms with E-state index < -0.39 is 131 Å². The van der Waals surface area contributed by atoms with Gasteiger partial charge in [0.2, 0.25) is 59.1 Å². The summed E-state index contributed by atoms with van der Waals surface area (Å²) in [5.74, 6) is -5.33. The number of amides is 10. The van der Waals surface area contributed by atoms with Gasteiger partial charge in [-0.25, -0.2) is 0 Å². The van der Waals surface area contributed by atoms with E-state index in [9.17, 15) is 51.5 Å². The lowest BCUT2D eigenvalue weighted by molar-refractivity contribution is -0.154. The Hall–Kier alpha value is -6.45. The van der Waals surface area contributed by atoms with Crippen LogP contribution in [-0.4, -0.2) is 254 Å². The molecule has 578 valence electrons. The Balaban J connectivity index is 1.000. The van der Waals surface area contributed by atoms with Gasteiger partial charge in [0.1, 0.15) is 29.7 Å². The Bertz CT molecular complexity index is 3070. The molecule has 24 nitrogen and oxygen atoms in total. The maximum Gasteiger partial charge on any atom is 0.417 e. The predicted molar refractivity (Wildman–Crippen MR) is 384 cm³/mol. The summed E-state index contributed by atoms with van der Waals surface area (Å²) in [5.41, 5.74) is -1.74. The lowest BCUT2D eigenvalue weighted by Crippen LogP contribution is -2.64. The average molecular weight is 1470 g/mol. The summed E-state index contributed by atoms with van der Waals surface area (Å²) >= 11 is 5.92. The number of hydrogen-bond acceptors (Lipinski definition) is 14. The number of Topliss-reactive ketones (excluding diaryl/α,β-unsaturated/α-hetero) is 1. The van der Waals surface area contributed by atoms with Crippen LogP contribution in [0, 0.1) is 23.7 Å². The Labute approximate surface area is 613 Å². The number of carbonyl (C=O) groups excluding carboxylic acids is 11. The SMILES string of the molecule is CC(=O)[C@H](CCc1ccc(C(F)(F)F)c(Cl)c1)NC(=O)CN(C)C(=O)[C@H](CC1CCCCC1)N(C)C(=O)CN(C)C(=O)CN(C)C(=O)[C@H](CC1CC1)NC(=O)[C@H](CC(C)C)N(C)C(=O)C[C@@H](COCN1CCCCC1)N(C)C(=O)[C@H](C1CCCCC1)N(C)C(=O)C1(NC(=O)[C@@H]2CCCN2)CCCC1. The highest BCUT2D eigenvalue weighted by molar-refractivity contribution is 6.31. The van der Waals surface area contributed by atoms with Gasteiger partial charge < -0.3 is 60.3 Å². The van der Waals surface area contributed by atoms with Crippen LogP contribution in [-0.2, 0) is 70.1 Å². The zero-order valence-corrected chi connectivity index (χ0v) is 63.6. The third kappa shape index (κ3) is 24.3. The molecular formula is C75H118ClF3N12O12. The number of piperidine rings is 1. The number of hydrogen-bond donors (Lipinski definition) is 4. The van der Waals surface area contributed by atoms with Gasteiger partial charge in [0.15, 0.2) is 5.78 Å². The molecule has 0 bridgehead atoms. The molecule has 0 aromatic heterocycles. The van der Waals surface area contributed by atoms with E-state index in [4.69, 9.17) is 16.3 Å². The van der Waals surface area contributed by atoms with Gasteiger partial charge in [-0.3, -0.25) is 57.6 Å². The molecule has 103 heavy (non-hydrogen) atoms. The molecule has 2 heterocycles. The maximum absolute atomic E-state index is 15.5. The number of halogens is 4. The summed E-state index contributed by atoms with van der Waals surface area (Å²) in [5, 5.41) is 11.6. The molecule has 10 amide bonds. The van der Waals surface area contributed by atoms with E-state index in [0.717, 1.165) is 146 Å². The van der Waals surface area contributed by atoms with Crippen LogP contribution in [0.5, 0.6) is 0 Å². The van der Waals surface area contributed by atoms with Gasteiger partial charge in [-0.2, -0.15) is 13.2 Å². The van der Waals surface area contributed by atoms with E-state index in [-0.39, 0.29) is 93.3 Å². The van der Waals surface area contributed by atoms with E-state index in [1.165, 1.54) is 66.8 Å². The van der Waals surface area contributed by atoms with Crippen molar-refractivity contribution in [1.82, 2.24) is 60.5 Å². The van der Waals surface area contributed by atoms with Gasteiger partial charge in [-0.15, -0.1) is 0 Å². The molecule has 6 aliphatic rings. The summed E-state index contributed by atoms with van der Waals surface area (Å²) in [6.07, 6.45) is 13.6. The third-order valence-electron chi connectivity index (χ3n) is 22.4. The van der Waals surface area contributed by atoms with E-state index in [0.29, 0.717) is 24.8 Å². The molecule has 6 fully saturated rings. The van der Waals surface area contributed by atoms with Gasteiger partial charge in [0, 0.05) is 68.8 Å². The second kappa shape index (κ2) is 39.2. The third-order valence-corrected chi connectivity index (χ3v) is 22.7. The van der Waals surface area contributed by atoms with Crippen LogP contribution in [0.2, 0.25) is 5.02 Å². The lowest BCUT2D eigenvalue weighted by atomic mass is 9.81. The number of ketones is 1. The fourth-order valence-electron chi connectivity index (χ4n) is 15.7. The minimum absolute atomic E-state index is 0.0138. The van der Waals surface area contributed by atoms with Crippen LogP contribution in [0.3, 0.4) is 0 Å². The zero-order valence-electron chi connectivity index (χ0n) is 62.8. The van der Waals surface area contributed by atoms with Crippen molar-refractivity contribution in [3.05, 3.63) is 34.3 Å². The number of nitrogens with zero attached hydrogens (tertiary/aromatic N) is 8. The molecule has 1 aromatic rings. The minimum atomic E-state index is -4.65. The van der Waals surface area contributed by atoms with Crippen molar-refractivity contribution in [3.63, 3.8) is 0 Å². The Kier molecular flexibility index (Phi) is 31.9. The van der Waals surface area contributed by atoms with Crippen molar-refractivity contribution in [1.29, 1.82) is 0 Å². The first-order chi connectivity index (χ1) is 48.8. The fourth-order valence-corrected chi connectivity index (χ4v) is 16.0. The molecule has 0 unspecified atom stereocenters. The van der Waals surface area contributed by atoms with E-state index in [1.807, 2.05) is 13.8 Å². The summed E-state index contributed by atoms with van der Waals surface area (Å²) in [6.45, 7) is 6.36. The van der Waals surface area contributed by atoms with Gasteiger partial charge in [0.05, 0.1) is 61.7 Å². The van der Waals surface area contributed by atoms with E-state index >= 15 is 14.4 Å². The number of aryl methyl sites for hydroxylation is 1. The van der Waals surface area contributed by atoms with Crippen LogP contribution in [0.15, 0.2) is 18.2 Å². The predicted octanol–water partition coefficient (Wildman–Crippen LogP) is 6.96. The standard InChI is InChI=1S/C75H118ClF3N12O12/c1-49(2)39-61(88(8)64(94)43-55(47-103-48-91-37-20-13-21-38-91)87(7)72(101)67(54-25-16-12-17-26-54)90(10)73(102)74(34-18-19-35-74)83-68(97)59-27-22-36-80-59)69(98)82-60(41-53-28-29-53)70(99)86(6)45-65(95)84(4)46-66(96)89(9)62(42-51-23-14-11-15-24-51)71(100)85(5)44-63(93)81-58(50(3)92)33-31-52-30-32-56(57(76)40-52)75(77,78)79/h30,32,40,49,51,53-55,58-62,67,80H,11-29,31,33-39,41-48H2,1-10H3,(H,81,93)(H,82,98)(H,83,97)/t55-,58-,59-,60-,61-,62-,67-/m0/s1. The molecule has 1 aromatic carbocycles. The quantitative estimate of drug-likeness (QED) is 0.0529. The van der Waals surface area contributed by atoms with Crippen LogP contribution in [0.4, 0.5) is 13.2 Å². The molecule has 7 rings (SSSR count). The van der Waals surface area contributed by atoms with Crippen molar-refractivity contribution in [2.45, 2.75) is 248 Å². The number of benzene rings is 1. The van der Waals surface area contributed by atoms with Gasteiger partial charge >= 0.3 is 6.18 Å². The maximum atomic E-state index is 15.5. The van der Waals surface area contributed by atoms with Crippen molar-refractivity contribution in [2.24, 2.45) is 23.7 Å². The van der Waals surface area contributed by atoms with E-state index in [2.05, 4.69) is 26.2 Å². The molecule has 0 spiro atoms. The number of likely N-dealkylation sites (tertiary alicyclic amines) is 1. The summed E-state index contributed by atoms with van der Waals surface area (Å²) in [6, 6.07) is -3.07. The Morgan fingerprint density at radius 3 is 1.83 bits per heavy atom. The number of ether oxygens (including phenoxy) is 1. The van der Waals surface area contributed by atoms with Crippen molar-refractivity contribution >= 4 is 76.5 Å². The number of alkyl halides is 3. The van der Waals surface area contributed by atoms with Crippen LogP contribution < -0.4 is 21.3 Å². The topological polar surface area (TPSA) is 271 Å². The normalized spacial score (nSPS) is 19.9. The molecule has 28 heteroatoms. The molecule has 2 saturated heterocycles. The highest BCUT2D eigenvalue weighted by Crippen LogP contribution is 2.39. The second-order valence-corrected chi connectivity index (χ2v) is 31.4. The molecular weight excluding hydrogens is 1350 g/mol. The average Bonchev–Trinajstić information content (AvgIpc) is 1.65. The number of likely N-dealkylation sites (N-methyl/N-ethyl adjacent to an activating group) is 7. The molecule has 4 saturated carbocycles. The first kappa shape index (κ1) is 83.8. The van der Waals surface area contributed by atoms with Crippen molar-refractivity contribution in [2.75, 3.05) is 102 Å². The molecule has 4 aliphatic carbocycles. The summed E-state index contributed by atoms with van der Waals surface area (Å²) < 4.78 is 46.4. The van der Waals surface area contributed by atoms with Gasteiger partial charge in [-0.05, 0) is 138 Å². The highest BCUT2D eigenvalue weighted by atomic mass is 35.5. The van der Waals surface area contributed by atoms with Crippen LogP contribution in [0.1, 0.15) is 199 Å². The summed E-state index contributed by atoms with van der Waals surface area (Å²) in [7, 11) is 10.6. The molecule has 4 N–H and O–H groups in total. The fraction of sp³-hybridized carbons (Fsp3) is 0.773. The van der Waals surface area contributed by atoms with Gasteiger partial charge in [0.25, 0.3) is 0 Å². The highest BCUT2D eigenvalue weighted by Gasteiger charge is 2.50. The van der Waals surface area contributed by atoms with Crippen LogP contribution >= 0.6 is 11.6 Å². The zero-order chi connectivity index (χ0) is 75.5. The lowest BCUT2D eigenvalue weighted by Gasteiger charge is -2.43. The first-order valence-corrected chi connectivity index (χ1v) is 38.3. The van der Waals surface area contributed by atoms with Crippen molar-refractivity contribution in [3.8, 4) is 0 Å².